The van der Waals surface area contributed by atoms with Gasteiger partial charge in [-0.2, -0.15) is 0 Å². The summed E-state index contributed by atoms with van der Waals surface area (Å²) in [4.78, 5) is 8.62. The molecule has 0 bridgehead atoms. The average molecular weight is 254 g/mol. The molecule has 0 radical (unpaired) electrons. The monoisotopic (exact) mass is 254 g/mol. The lowest BCUT2D eigenvalue weighted by atomic mass is 10.5. The summed E-state index contributed by atoms with van der Waals surface area (Å²) in [6.07, 6.45) is 2.49. The van der Waals surface area contributed by atoms with E-state index in [0.717, 1.165) is 16.7 Å². The van der Waals surface area contributed by atoms with Crippen molar-refractivity contribution in [1.82, 2.24) is 15.6 Å². The van der Waals surface area contributed by atoms with Gasteiger partial charge < -0.3 is 15.4 Å². The van der Waals surface area contributed by atoms with E-state index in [9.17, 15) is 0 Å². The number of thiazole rings is 1. The Morgan fingerprint density at radius 3 is 3.12 bits per heavy atom. The Kier molecular flexibility index (Phi) is 4.33. The topological polar surface area (TPSA) is 58.5 Å². The lowest BCUT2D eigenvalue weighted by Crippen LogP contribution is -2.38. The highest BCUT2D eigenvalue weighted by molar-refractivity contribution is 7.09. The fourth-order valence-corrected chi connectivity index (χ4v) is 2.17. The second-order valence-electron chi connectivity index (χ2n) is 4.01. The summed E-state index contributed by atoms with van der Waals surface area (Å²) >= 11 is 1.62. The Morgan fingerprint density at radius 2 is 2.47 bits per heavy atom. The van der Waals surface area contributed by atoms with E-state index in [1.54, 1.807) is 25.5 Å². The molecule has 0 aromatic carbocycles. The van der Waals surface area contributed by atoms with Gasteiger partial charge in [0, 0.05) is 25.6 Å². The quantitative estimate of drug-likeness (QED) is 0.610. The standard InChI is InChI=1S/C11H18N4OS/c1-12-11(15-8-3-4-8)13-5-9-7-17-10(14-9)6-16-2/h7-8H,3-6H2,1-2H3,(H2,12,13,15). The molecule has 17 heavy (non-hydrogen) atoms. The van der Waals surface area contributed by atoms with Crippen molar-refractivity contribution >= 4 is 17.3 Å². The zero-order chi connectivity index (χ0) is 12.1. The summed E-state index contributed by atoms with van der Waals surface area (Å²) in [6, 6.07) is 0.612. The van der Waals surface area contributed by atoms with E-state index >= 15 is 0 Å². The zero-order valence-electron chi connectivity index (χ0n) is 10.2. The van der Waals surface area contributed by atoms with Crippen LogP contribution in [0.5, 0.6) is 0 Å². The van der Waals surface area contributed by atoms with E-state index in [4.69, 9.17) is 4.74 Å². The molecule has 0 unspecified atom stereocenters. The van der Waals surface area contributed by atoms with Crippen molar-refractivity contribution in [3.05, 3.63) is 16.1 Å². The van der Waals surface area contributed by atoms with E-state index in [2.05, 4.69) is 20.6 Å². The van der Waals surface area contributed by atoms with Gasteiger partial charge in [0.1, 0.15) is 5.01 Å². The summed E-state index contributed by atoms with van der Waals surface area (Å²) in [5.74, 6) is 0.855. The van der Waals surface area contributed by atoms with Gasteiger partial charge in [-0.3, -0.25) is 4.99 Å². The first-order chi connectivity index (χ1) is 8.31. The van der Waals surface area contributed by atoms with Crippen LogP contribution in [0.4, 0.5) is 0 Å². The number of guanidine groups is 1. The molecule has 0 aliphatic heterocycles. The maximum Gasteiger partial charge on any atom is 0.191 e. The van der Waals surface area contributed by atoms with Gasteiger partial charge in [0.25, 0.3) is 0 Å². The molecule has 0 atom stereocenters. The van der Waals surface area contributed by atoms with E-state index < -0.39 is 0 Å². The second-order valence-corrected chi connectivity index (χ2v) is 4.95. The maximum atomic E-state index is 5.04. The van der Waals surface area contributed by atoms with Crippen LogP contribution in [0, 0.1) is 0 Å². The normalized spacial score (nSPS) is 16.0. The molecule has 0 spiro atoms. The molecule has 6 heteroatoms. The molecule has 5 nitrogen and oxygen atoms in total. The number of nitrogens with one attached hydrogen (secondary N) is 2. The summed E-state index contributed by atoms with van der Waals surface area (Å²) in [5.41, 5.74) is 1.03. The highest BCUT2D eigenvalue weighted by Gasteiger charge is 2.22. The third-order valence-corrected chi connectivity index (χ3v) is 3.32. The molecule has 1 saturated carbocycles. The SMILES string of the molecule is CN=C(NCc1csc(COC)n1)NC1CC1. The summed E-state index contributed by atoms with van der Waals surface area (Å²) in [7, 11) is 3.47. The number of methoxy groups -OCH3 is 1. The zero-order valence-corrected chi connectivity index (χ0v) is 11.0. The minimum Gasteiger partial charge on any atom is -0.378 e. The Labute approximate surface area is 105 Å². The van der Waals surface area contributed by atoms with Gasteiger partial charge in [0.05, 0.1) is 18.8 Å². The van der Waals surface area contributed by atoms with Crippen LogP contribution in [0.1, 0.15) is 23.5 Å². The van der Waals surface area contributed by atoms with E-state index in [1.165, 1.54) is 12.8 Å². The summed E-state index contributed by atoms with van der Waals surface area (Å²) in [6.45, 7) is 1.28. The molecular weight excluding hydrogens is 236 g/mol. The fourth-order valence-electron chi connectivity index (χ4n) is 1.41. The van der Waals surface area contributed by atoms with Gasteiger partial charge >= 0.3 is 0 Å². The minimum absolute atomic E-state index is 0.583. The molecule has 2 rings (SSSR count). The van der Waals surface area contributed by atoms with Crippen molar-refractivity contribution in [1.29, 1.82) is 0 Å². The first kappa shape index (κ1) is 12.3. The van der Waals surface area contributed by atoms with Gasteiger partial charge in [0.15, 0.2) is 5.96 Å². The van der Waals surface area contributed by atoms with Crippen molar-refractivity contribution < 1.29 is 4.74 Å². The first-order valence-electron chi connectivity index (χ1n) is 5.71. The Balaban J connectivity index is 1.78. The molecule has 0 saturated heterocycles. The van der Waals surface area contributed by atoms with Crippen molar-refractivity contribution in [2.45, 2.75) is 32.0 Å². The molecule has 1 aliphatic rings. The van der Waals surface area contributed by atoms with Gasteiger partial charge in [0.2, 0.25) is 0 Å². The largest absolute Gasteiger partial charge is 0.378 e. The Hall–Kier alpha value is -1.14. The summed E-state index contributed by atoms with van der Waals surface area (Å²) in [5, 5.41) is 9.64. The number of ether oxygens (including phenoxy) is 1. The van der Waals surface area contributed by atoms with Crippen molar-refractivity contribution in [3.8, 4) is 0 Å². The van der Waals surface area contributed by atoms with E-state index in [0.29, 0.717) is 19.2 Å². The molecule has 1 fully saturated rings. The van der Waals surface area contributed by atoms with Gasteiger partial charge in [-0.15, -0.1) is 11.3 Å². The van der Waals surface area contributed by atoms with Crippen molar-refractivity contribution in [2.75, 3.05) is 14.2 Å². The average Bonchev–Trinajstić information content (AvgIpc) is 3.04. The number of rotatable bonds is 5. The number of hydrogen-bond acceptors (Lipinski definition) is 4. The molecule has 1 aromatic heterocycles. The van der Waals surface area contributed by atoms with Crippen LogP contribution in [0.3, 0.4) is 0 Å². The van der Waals surface area contributed by atoms with Crippen LogP contribution >= 0.6 is 11.3 Å². The molecule has 0 amide bonds. The lowest BCUT2D eigenvalue weighted by Gasteiger charge is -2.09. The Morgan fingerprint density at radius 1 is 1.65 bits per heavy atom. The first-order valence-corrected chi connectivity index (χ1v) is 6.59. The van der Waals surface area contributed by atoms with Gasteiger partial charge in [-0.25, -0.2) is 4.98 Å². The predicted molar refractivity (Wildman–Crippen MR) is 69.2 cm³/mol. The summed E-state index contributed by atoms with van der Waals surface area (Å²) < 4.78 is 5.04. The van der Waals surface area contributed by atoms with Crippen LogP contribution in [0.2, 0.25) is 0 Å². The predicted octanol–water partition coefficient (Wildman–Crippen LogP) is 1.12. The van der Waals surface area contributed by atoms with Crippen molar-refractivity contribution in [3.63, 3.8) is 0 Å². The molecule has 94 valence electrons. The highest BCUT2D eigenvalue weighted by atomic mass is 32.1. The van der Waals surface area contributed by atoms with Crippen LogP contribution in [-0.4, -0.2) is 31.1 Å². The van der Waals surface area contributed by atoms with Gasteiger partial charge in [-0.05, 0) is 12.8 Å². The van der Waals surface area contributed by atoms with Crippen LogP contribution < -0.4 is 10.6 Å². The fraction of sp³-hybridized carbons (Fsp3) is 0.636. The van der Waals surface area contributed by atoms with Crippen LogP contribution in [0.15, 0.2) is 10.4 Å². The Bertz CT molecular complexity index is 387. The molecular formula is C11H18N4OS. The lowest BCUT2D eigenvalue weighted by molar-refractivity contribution is 0.184. The molecule has 1 aromatic rings. The molecule has 1 heterocycles. The number of nitrogens with zero attached hydrogens (tertiary/aromatic N) is 2. The van der Waals surface area contributed by atoms with Crippen molar-refractivity contribution in [2.24, 2.45) is 4.99 Å². The molecule has 1 aliphatic carbocycles. The van der Waals surface area contributed by atoms with Crippen LogP contribution in [0.25, 0.3) is 0 Å². The van der Waals surface area contributed by atoms with Gasteiger partial charge in [-0.1, -0.05) is 0 Å². The second kappa shape index (κ2) is 5.97. The number of aromatic nitrogens is 1. The van der Waals surface area contributed by atoms with E-state index in [-0.39, 0.29) is 0 Å². The maximum absolute atomic E-state index is 5.04. The third-order valence-electron chi connectivity index (χ3n) is 2.45. The van der Waals surface area contributed by atoms with Crippen LogP contribution in [-0.2, 0) is 17.9 Å². The molecule has 2 N–H and O–H groups in total. The third kappa shape index (κ3) is 3.98. The minimum atomic E-state index is 0.583. The smallest absolute Gasteiger partial charge is 0.191 e. The van der Waals surface area contributed by atoms with E-state index in [1.807, 2.05) is 5.38 Å². The number of hydrogen-bond donors (Lipinski definition) is 2. The highest BCUT2D eigenvalue weighted by Crippen LogP contribution is 2.18. The number of aliphatic imine (C=N–C) groups is 1.